The molecule has 1 heterocycles. The number of nitrogens with one attached hydrogen (secondary N) is 2. The van der Waals surface area contributed by atoms with Gasteiger partial charge in [0.1, 0.15) is 10.8 Å². The summed E-state index contributed by atoms with van der Waals surface area (Å²) in [7, 11) is 0. The van der Waals surface area contributed by atoms with Crippen molar-refractivity contribution in [2.24, 2.45) is 0 Å². The molecule has 1 aromatic heterocycles. The molecule has 0 aliphatic heterocycles. The average molecular weight is 418 g/mol. The highest BCUT2D eigenvalue weighted by Crippen LogP contribution is 2.24. The van der Waals surface area contributed by atoms with E-state index in [1.165, 1.54) is 23.5 Å². The number of anilines is 1. The van der Waals surface area contributed by atoms with E-state index in [0.29, 0.717) is 33.3 Å². The van der Waals surface area contributed by atoms with E-state index in [-0.39, 0.29) is 12.4 Å². The lowest BCUT2D eigenvalue weighted by Gasteiger charge is -2.09. The zero-order chi connectivity index (χ0) is 20.1. The van der Waals surface area contributed by atoms with Gasteiger partial charge in [-0.25, -0.2) is 9.37 Å². The number of hydrogen-bond donors (Lipinski definition) is 2. The SMILES string of the molecule is Cc1c(Cl)cccc1NC(=O)C(=O)NCCc1csc(-c2cccc(F)c2)n1. The van der Waals surface area contributed by atoms with Gasteiger partial charge in [-0.1, -0.05) is 29.8 Å². The van der Waals surface area contributed by atoms with Crippen LogP contribution in [0.5, 0.6) is 0 Å². The van der Waals surface area contributed by atoms with Crippen LogP contribution in [0.15, 0.2) is 47.8 Å². The lowest BCUT2D eigenvalue weighted by atomic mass is 10.2. The first-order valence-electron chi connectivity index (χ1n) is 8.48. The number of halogens is 2. The quantitative estimate of drug-likeness (QED) is 0.611. The molecule has 2 aromatic carbocycles. The maximum atomic E-state index is 13.3. The molecule has 28 heavy (non-hydrogen) atoms. The van der Waals surface area contributed by atoms with Crippen LogP contribution < -0.4 is 10.6 Å². The molecule has 0 aliphatic rings. The third-order valence-electron chi connectivity index (χ3n) is 4.01. The summed E-state index contributed by atoms with van der Waals surface area (Å²) in [5, 5.41) is 8.17. The first kappa shape index (κ1) is 20.0. The van der Waals surface area contributed by atoms with Crippen molar-refractivity contribution in [1.82, 2.24) is 10.3 Å². The second-order valence-corrected chi connectivity index (χ2v) is 7.29. The van der Waals surface area contributed by atoms with Crippen LogP contribution >= 0.6 is 22.9 Å². The van der Waals surface area contributed by atoms with E-state index < -0.39 is 11.8 Å². The van der Waals surface area contributed by atoms with Gasteiger partial charge in [-0.05, 0) is 36.8 Å². The smallest absolute Gasteiger partial charge is 0.313 e. The molecule has 0 saturated carbocycles. The van der Waals surface area contributed by atoms with Crippen molar-refractivity contribution < 1.29 is 14.0 Å². The van der Waals surface area contributed by atoms with Crippen LogP contribution in [0, 0.1) is 12.7 Å². The number of aromatic nitrogens is 1. The van der Waals surface area contributed by atoms with Crippen LogP contribution in [0.4, 0.5) is 10.1 Å². The normalized spacial score (nSPS) is 10.5. The highest BCUT2D eigenvalue weighted by molar-refractivity contribution is 7.13. The van der Waals surface area contributed by atoms with Gasteiger partial charge in [0.25, 0.3) is 0 Å². The Labute approximate surface area is 170 Å². The molecule has 0 aliphatic carbocycles. The van der Waals surface area contributed by atoms with E-state index in [1.54, 1.807) is 37.3 Å². The fourth-order valence-corrected chi connectivity index (χ4v) is 3.51. The predicted octanol–water partition coefficient (Wildman–Crippen LogP) is 4.21. The van der Waals surface area contributed by atoms with Crippen LogP contribution in [0.2, 0.25) is 5.02 Å². The molecule has 0 unspecified atom stereocenters. The second kappa shape index (κ2) is 8.95. The van der Waals surface area contributed by atoms with Gasteiger partial charge in [0, 0.05) is 34.6 Å². The van der Waals surface area contributed by atoms with E-state index >= 15 is 0 Å². The van der Waals surface area contributed by atoms with E-state index in [4.69, 9.17) is 11.6 Å². The average Bonchev–Trinajstić information content (AvgIpc) is 3.14. The molecule has 144 valence electrons. The summed E-state index contributed by atoms with van der Waals surface area (Å²) in [6, 6.07) is 11.3. The van der Waals surface area contributed by atoms with Gasteiger partial charge in [0.05, 0.1) is 5.69 Å². The minimum Gasteiger partial charge on any atom is -0.347 e. The zero-order valence-corrected chi connectivity index (χ0v) is 16.5. The van der Waals surface area contributed by atoms with Crippen molar-refractivity contribution in [3.63, 3.8) is 0 Å². The van der Waals surface area contributed by atoms with Crippen molar-refractivity contribution in [2.75, 3.05) is 11.9 Å². The summed E-state index contributed by atoms with van der Waals surface area (Å²) in [5.74, 6) is -1.81. The fraction of sp³-hybridized carbons (Fsp3) is 0.150. The van der Waals surface area contributed by atoms with Crippen LogP contribution in [0.3, 0.4) is 0 Å². The lowest BCUT2D eigenvalue weighted by molar-refractivity contribution is -0.136. The Morgan fingerprint density at radius 2 is 1.96 bits per heavy atom. The molecular formula is C20H17ClFN3O2S. The summed E-state index contributed by atoms with van der Waals surface area (Å²) in [4.78, 5) is 28.4. The van der Waals surface area contributed by atoms with Crippen LogP contribution in [0.25, 0.3) is 10.6 Å². The van der Waals surface area contributed by atoms with Gasteiger partial charge in [-0.3, -0.25) is 9.59 Å². The number of rotatable bonds is 5. The monoisotopic (exact) mass is 417 g/mol. The Bertz CT molecular complexity index is 1020. The molecule has 3 rings (SSSR count). The zero-order valence-electron chi connectivity index (χ0n) is 15.0. The first-order valence-corrected chi connectivity index (χ1v) is 9.74. The molecular weight excluding hydrogens is 401 g/mol. The third kappa shape index (κ3) is 4.94. The van der Waals surface area contributed by atoms with E-state index in [1.807, 2.05) is 5.38 Å². The number of benzene rings is 2. The predicted molar refractivity (Wildman–Crippen MR) is 109 cm³/mol. The van der Waals surface area contributed by atoms with Crippen molar-refractivity contribution in [3.05, 3.63) is 69.9 Å². The number of nitrogens with zero attached hydrogens (tertiary/aromatic N) is 1. The number of hydrogen-bond acceptors (Lipinski definition) is 4. The highest BCUT2D eigenvalue weighted by atomic mass is 35.5. The van der Waals surface area contributed by atoms with Gasteiger partial charge in [0.2, 0.25) is 0 Å². The van der Waals surface area contributed by atoms with Crippen molar-refractivity contribution in [2.45, 2.75) is 13.3 Å². The lowest BCUT2D eigenvalue weighted by Crippen LogP contribution is -2.36. The molecule has 0 atom stereocenters. The number of thiazole rings is 1. The van der Waals surface area contributed by atoms with Gasteiger partial charge < -0.3 is 10.6 Å². The van der Waals surface area contributed by atoms with E-state index in [9.17, 15) is 14.0 Å². The molecule has 0 radical (unpaired) electrons. The topological polar surface area (TPSA) is 71.1 Å². The minimum atomic E-state index is -0.760. The minimum absolute atomic E-state index is 0.257. The van der Waals surface area contributed by atoms with Crippen LogP contribution in [-0.2, 0) is 16.0 Å². The Hall–Kier alpha value is -2.77. The molecule has 2 amide bonds. The van der Waals surface area contributed by atoms with Gasteiger partial charge in [0.15, 0.2) is 0 Å². The number of carbonyl (C=O) groups is 2. The second-order valence-electron chi connectivity index (χ2n) is 6.03. The Morgan fingerprint density at radius 1 is 1.18 bits per heavy atom. The Morgan fingerprint density at radius 3 is 2.75 bits per heavy atom. The summed E-state index contributed by atoms with van der Waals surface area (Å²) in [6.45, 7) is 2.02. The van der Waals surface area contributed by atoms with E-state index in [0.717, 1.165) is 5.69 Å². The first-order chi connectivity index (χ1) is 13.4. The molecule has 0 spiro atoms. The Balaban J connectivity index is 1.51. The van der Waals surface area contributed by atoms with Gasteiger partial charge in [-0.2, -0.15) is 0 Å². The van der Waals surface area contributed by atoms with E-state index in [2.05, 4.69) is 15.6 Å². The molecule has 3 aromatic rings. The fourth-order valence-electron chi connectivity index (χ4n) is 2.48. The molecule has 0 saturated heterocycles. The molecule has 0 fully saturated rings. The third-order valence-corrected chi connectivity index (χ3v) is 5.36. The summed E-state index contributed by atoms with van der Waals surface area (Å²) < 4.78 is 13.3. The maximum Gasteiger partial charge on any atom is 0.313 e. The molecule has 2 N–H and O–H groups in total. The largest absolute Gasteiger partial charge is 0.347 e. The molecule has 8 heteroatoms. The standard InChI is InChI=1S/C20H17ClFN3O2S/c1-12-16(21)6-3-7-17(12)25-19(27)18(26)23-9-8-15-11-28-20(24-15)13-4-2-5-14(22)10-13/h2-7,10-11H,8-9H2,1H3,(H,23,26)(H,25,27). The summed E-state index contributed by atoms with van der Waals surface area (Å²) >= 11 is 7.40. The Kier molecular flexibility index (Phi) is 6.38. The van der Waals surface area contributed by atoms with Gasteiger partial charge >= 0.3 is 11.8 Å². The summed E-state index contributed by atoms with van der Waals surface area (Å²) in [5.41, 5.74) is 2.65. The van der Waals surface area contributed by atoms with Crippen LogP contribution in [0.1, 0.15) is 11.3 Å². The van der Waals surface area contributed by atoms with Crippen LogP contribution in [-0.4, -0.2) is 23.3 Å². The van der Waals surface area contributed by atoms with Crippen molar-refractivity contribution >= 4 is 40.4 Å². The summed E-state index contributed by atoms with van der Waals surface area (Å²) in [6.07, 6.45) is 0.459. The van der Waals surface area contributed by atoms with Gasteiger partial charge in [-0.15, -0.1) is 11.3 Å². The highest BCUT2D eigenvalue weighted by Gasteiger charge is 2.15. The van der Waals surface area contributed by atoms with Crippen molar-refractivity contribution in [3.8, 4) is 10.6 Å². The molecule has 0 bridgehead atoms. The van der Waals surface area contributed by atoms with Crippen molar-refractivity contribution in [1.29, 1.82) is 0 Å². The molecule has 5 nitrogen and oxygen atoms in total. The maximum absolute atomic E-state index is 13.3. The number of amides is 2. The number of carbonyl (C=O) groups excluding carboxylic acids is 2.